The molecule has 0 aromatic heterocycles. The van der Waals surface area contributed by atoms with Gasteiger partial charge in [-0.2, -0.15) is 0 Å². The van der Waals surface area contributed by atoms with Crippen molar-refractivity contribution in [1.29, 1.82) is 0 Å². The van der Waals surface area contributed by atoms with Crippen molar-refractivity contribution >= 4 is 17.5 Å². The van der Waals surface area contributed by atoms with Gasteiger partial charge in [0.1, 0.15) is 35.4 Å². The molecule has 2 heterocycles. The third-order valence-electron chi connectivity index (χ3n) is 10.6. The van der Waals surface area contributed by atoms with Gasteiger partial charge in [0.05, 0.1) is 53.8 Å². The number of nitrogens with one attached hydrogen (secondary N) is 1. The Hall–Kier alpha value is -3.67. The van der Waals surface area contributed by atoms with E-state index in [1.807, 2.05) is 0 Å². The number of aromatic hydroxyl groups is 3. The lowest BCUT2D eigenvalue weighted by Gasteiger charge is -2.46. The van der Waals surface area contributed by atoms with Crippen molar-refractivity contribution in [2.24, 2.45) is 0 Å². The summed E-state index contributed by atoms with van der Waals surface area (Å²) in [7, 11) is 2.86. The number of rotatable bonds is 7. The predicted molar refractivity (Wildman–Crippen MR) is 171 cm³/mol. The molecule has 2 aromatic carbocycles. The topological polar surface area (TPSA) is 231 Å². The average Bonchev–Trinajstić information content (AvgIpc) is 3.07. The fourth-order valence-corrected chi connectivity index (χ4v) is 7.84. The molecule has 15 nitrogen and oxygen atoms in total. The standard InChI is InChI=1S/C35H43NO14/c1-6-35(45)12-21(49-22-10-17(36-4)33(14(3)48-22)50-23-11-20(39)29(40)13(2)47-23)24-15(28(35)34(44)46-5)9-16-25(31(24)42)32(43)27-19(38)8-7-18(37)26(27)30(16)41/h7-9,13-14,17,20-23,28-29,33,36-40,42,45H,6,10-12H2,1-5H3. The van der Waals surface area contributed by atoms with E-state index in [1.165, 1.54) is 6.07 Å². The van der Waals surface area contributed by atoms with E-state index in [0.717, 1.165) is 19.2 Å². The maximum atomic E-state index is 13.8. The first-order chi connectivity index (χ1) is 23.6. The van der Waals surface area contributed by atoms with Crippen LogP contribution in [0.3, 0.4) is 0 Å². The number of ether oxygens (including phenoxy) is 5. The number of aliphatic hydroxyl groups excluding tert-OH is 2. The summed E-state index contributed by atoms with van der Waals surface area (Å²) >= 11 is 0. The molecule has 11 atom stereocenters. The van der Waals surface area contributed by atoms with Gasteiger partial charge in [-0.15, -0.1) is 0 Å². The summed E-state index contributed by atoms with van der Waals surface area (Å²) in [6.07, 6.45) is -6.85. The second-order valence-corrected chi connectivity index (χ2v) is 13.5. The Morgan fingerprint density at radius 1 is 0.960 bits per heavy atom. The highest BCUT2D eigenvalue weighted by atomic mass is 16.7. The Kier molecular flexibility index (Phi) is 9.73. The second-order valence-electron chi connectivity index (χ2n) is 13.5. The maximum Gasteiger partial charge on any atom is 0.316 e. The highest BCUT2D eigenvalue weighted by molar-refractivity contribution is 6.31. The molecule has 15 heteroatoms. The molecule has 2 saturated heterocycles. The summed E-state index contributed by atoms with van der Waals surface area (Å²) in [5.41, 5.74) is -3.54. The predicted octanol–water partition coefficient (Wildman–Crippen LogP) is 1.40. The van der Waals surface area contributed by atoms with E-state index in [2.05, 4.69) is 5.32 Å². The van der Waals surface area contributed by atoms with Gasteiger partial charge >= 0.3 is 5.97 Å². The molecule has 0 bridgehead atoms. The molecule has 2 aromatic rings. The summed E-state index contributed by atoms with van der Waals surface area (Å²) in [4.78, 5) is 40.9. The molecular weight excluding hydrogens is 658 g/mol. The van der Waals surface area contributed by atoms with Gasteiger partial charge in [0.25, 0.3) is 0 Å². The van der Waals surface area contributed by atoms with Gasteiger partial charge in [0.2, 0.25) is 5.78 Å². The average molecular weight is 702 g/mol. The Morgan fingerprint density at radius 2 is 1.58 bits per heavy atom. The molecule has 0 spiro atoms. The molecule has 4 aliphatic rings. The van der Waals surface area contributed by atoms with Crippen molar-refractivity contribution in [1.82, 2.24) is 5.32 Å². The Balaban J connectivity index is 1.37. The minimum Gasteiger partial charge on any atom is -0.507 e. The number of carbonyl (C=O) groups is 3. The Labute approximate surface area is 287 Å². The van der Waals surface area contributed by atoms with Crippen LogP contribution in [0.5, 0.6) is 17.2 Å². The smallest absolute Gasteiger partial charge is 0.316 e. The highest BCUT2D eigenvalue weighted by Gasteiger charge is 2.53. The fourth-order valence-electron chi connectivity index (χ4n) is 7.84. The molecule has 0 amide bonds. The molecule has 0 radical (unpaired) electrons. The van der Waals surface area contributed by atoms with Crippen LogP contribution in [-0.2, 0) is 28.5 Å². The Morgan fingerprint density at radius 3 is 2.18 bits per heavy atom. The largest absolute Gasteiger partial charge is 0.507 e. The monoisotopic (exact) mass is 701 g/mol. The fraction of sp³-hybridized carbons (Fsp3) is 0.571. The lowest BCUT2D eigenvalue weighted by atomic mass is 9.67. The number of phenolic OH excluding ortho intramolecular Hbond substituents is 3. The number of esters is 1. The third kappa shape index (κ3) is 5.84. The van der Waals surface area contributed by atoms with Crippen LogP contribution in [0.15, 0.2) is 18.2 Å². The summed E-state index contributed by atoms with van der Waals surface area (Å²) in [5.74, 6) is -5.86. The first kappa shape index (κ1) is 36.1. The van der Waals surface area contributed by atoms with Crippen molar-refractivity contribution in [3.05, 3.63) is 51.6 Å². The van der Waals surface area contributed by atoms with Crippen LogP contribution in [0, 0.1) is 0 Å². The molecule has 6 rings (SSSR count). The van der Waals surface area contributed by atoms with Crippen LogP contribution in [0.1, 0.15) is 101 Å². The van der Waals surface area contributed by atoms with E-state index in [9.17, 15) is 45.0 Å². The number of fused-ring (bicyclic) bond motifs is 3. The number of likely N-dealkylation sites (N-methyl/N-ethyl adjacent to an activating group) is 1. The van der Waals surface area contributed by atoms with E-state index >= 15 is 0 Å². The minimum absolute atomic E-state index is 0.00232. The van der Waals surface area contributed by atoms with Crippen LogP contribution in [-0.4, -0.2) is 117 Å². The van der Waals surface area contributed by atoms with Gasteiger partial charge in [0, 0.05) is 36.4 Å². The van der Waals surface area contributed by atoms with Gasteiger partial charge in [-0.3, -0.25) is 14.4 Å². The Bertz CT molecular complexity index is 1680. The van der Waals surface area contributed by atoms with E-state index in [1.54, 1.807) is 27.8 Å². The number of carbonyl (C=O) groups excluding carboxylic acids is 3. The first-order valence-electron chi connectivity index (χ1n) is 16.6. The zero-order valence-electron chi connectivity index (χ0n) is 28.3. The van der Waals surface area contributed by atoms with E-state index in [0.29, 0.717) is 0 Å². The maximum absolute atomic E-state index is 13.8. The van der Waals surface area contributed by atoms with Crippen LogP contribution in [0.25, 0.3) is 0 Å². The number of phenols is 3. The van der Waals surface area contributed by atoms with E-state index in [-0.39, 0.29) is 48.4 Å². The van der Waals surface area contributed by atoms with Crippen LogP contribution >= 0.6 is 0 Å². The normalized spacial score (nSPS) is 35.2. The van der Waals surface area contributed by atoms with Gasteiger partial charge < -0.3 is 59.6 Å². The number of ketones is 2. The van der Waals surface area contributed by atoms with Crippen molar-refractivity contribution in [3.63, 3.8) is 0 Å². The molecule has 272 valence electrons. The second kappa shape index (κ2) is 13.5. The molecule has 0 saturated carbocycles. The van der Waals surface area contributed by atoms with Crippen molar-refractivity contribution in [2.75, 3.05) is 14.2 Å². The van der Waals surface area contributed by atoms with E-state index < -0.39 is 112 Å². The van der Waals surface area contributed by atoms with Gasteiger partial charge in [0.15, 0.2) is 18.4 Å². The zero-order valence-corrected chi connectivity index (χ0v) is 28.3. The van der Waals surface area contributed by atoms with Crippen LogP contribution in [0.4, 0.5) is 0 Å². The molecular formula is C35H43NO14. The summed E-state index contributed by atoms with van der Waals surface area (Å²) in [5, 5.41) is 68.4. The quantitative estimate of drug-likeness (QED) is 0.136. The lowest BCUT2D eigenvalue weighted by molar-refractivity contribution is -0.304. The van der Waals surface area contributed by atoms with Gasteiger partial charge in [-0.25, -0.2) is 0 Å². The molecule has 2 fully saturated rings. The summed E-state index contributed by atoms with van der Waals surface area (Å²) in [6.45, 7) is 5.05. The molecule has 2 aliphatic heterocycles. The third-order valence-corrected chi connectivity index (χ3v) is 10.6. The number of aliphatic hydroxyl groups is 3. The van der Waals surface area contributed by atoms with Crippen LogP contribution < -0.4 is 5.32 Å². The first-order valence-corrected chi connectivity index (χ1v) is 16.6. The minimum atomic E-state index is -1.79. The summed E-state index contributed by atoms with van der Waals surface area (Å²) in [6, 6.07) is 2.97. The van der Waals surface area contributed by atoms with E-state index in [4.69, 9.17) is 23.7 Å². The summed E-state index contributed by atoms with van der Waals surface area (Å²) < 4.78 is 29.7. The van der Waals surface area contributed by atoms with Gasteiger partial charge in [-0.1, -0.05) is 6.92 Å². The van der Waals surface area contributed by atoms with Crippen LogP contribution in [0.2, 0.25) is 0 Å². The highest BCUT2D eigenvalue weighted by Crippen LogP contribution is 2.54. The lowest BCUT2D eigenvalue weighted by Crippen LogP contribution is -2.57. The number of methoxy groups -OCH3 is 1. The number of hydrogen-bond donors (Lipinski definition) is 7. The van der Waals surface area contributed by atoms with Gasteiger partial charge in [-0.05, 0) is 51.1 Å². The molecule has 11 unspecified atom stereocenters. The number of benzene rings is 2. The van der Waals surface area contributed by atoms with Crippen molar-refractivity contribution in [2.45, 2.75) is 113 Å². The number of hydrogen-bond acceptors (Lipinski definition) is 15. The molecule has 50 heavy (non-hydrogen) atoms. The van der Waals surface area contributed by atoms with Crippen molar-refractivity contribution < 1.29 is 68.7 Å². The molecule has 2 aliphatic carbocycles. The van der Waals surface area contributed by atoms with Crippen molar-refractivity contribution in [3.8, 4) is 17.2 Å². The SMILES string of the molecule is CCC1(O)CC(OC2CC(NC)C(OC3CC(O)C(O)C(C)O3)C(C)O2)c2c(cc3c(c2O)C(=O)c2c(O)ccc(O)c2C3=O)C1C(=O)OC. The molecule has 7 N–H and O–H groups in total. The zero-order chi connectivity index (χ0) is 36.4.